The van der Waals surface area contributed by atoms with Gasteiger partial charge in [0.25, 0.3) is 5.91 Å². The number of phenols is 1. The molecule has 0 bridgehead atoms. The molecule has 36 heavy (non-hydrogen) atoms. The fourth-order valence-electron chi connectivity index (χ4n) is 5.31. The molecule has 1 fully saturated rings. The van der Waals surface area contributed by atoms with Gasteiger partial charge in [-0.2, -0.15) is 0 Å². The number of piperazine rings is 1. The van der Waals surface area contributed by atoms with Gasteiger partial charge in [-0.15, -0.1) is 6.58 Å². The van der Waals surface area contributed by atoms with E-state index < -0.39 is 0 Å². The fraction of sp³-hybridized carbons (Fsp3) is 0.323. The third kappa shape index (κ3) is 5.69. The van der Waals surface area contributed by atoms with Crippen molar-refractivity contribution in [3.63, 3.8) is 0 Å². The molecule has 0 radical (unpaired) electrons. The Hall–Kier alpha value is -3.41. The molecule has 0 aromatic heterocycles. The predicted molar refractivity (Wildman–Crippen MR) is 146 cm³/mol. The number of carbonyl (C=O) groups is 1. The van der Waals surface area contributed by atoms with Crippen LogP contribution < -0.4 is 0 Å². The number of phenolic OH excluding ortho intramolecular Hbond substituents is 1. The van der Waals surface area contributed by atoms with Gasteiger partial charge in [0.2, 0.25) is 0 Å². The third-order valence-electron chi connectivity index (χ3n) is 7.14. The molecule has 1 saturated heterocycles. The maximum atomic E-state index is 13.8. The Morgan fingerprint density at radius 1 is 1.03 bits per heavy atom. The van der Waals surface area contributed by atoms with Crippen molar-refractivity contribution in [2.24, 2.45) is 0 Å². The lowest BCUT2D eigenvalue weighted by molar-refractivity contribution is 0.0302. The number of rotatable bonds is 8. The van der Waals surface area contributed by atoms with E-state index in [0.717, 1.165) is 36.3 Å². The van der Waals surface area contributed by atoms with Gasteiger partial charge in [-0.3, -0.25) is 14.6 Å². The molecular weight excluding hydrogens is 446 g/mol. The van der Waals surface area contributed by atoms with Gasteiger partial charge in [0.1, 0.15) is 5.75 Å². The zero-order valence-corrected chi connectivity index (χ0v) is 21.5. The smallest absolute Gasteiger partial charge is 0.254 e. The summed E-state index contributed by atoms with van der Waals surface area (Å²) in [5.74, 6) is 0.221. The average Bonchev–Trinajstić information content (AvgIpc) is 2.87. The van der Waals surface area contributed by atoms with Crippen molar-refractivity contribution in [3.8, 4) is 5.75 Å². The van der Waals surface area contributed by atoms with Crippen molar-refractivity contribution in [1.82, 2.24) is 14.7 Å². The van der Waals surface area contributed by atoms with E-state index in [4.69, 9.17) is 0 Å². The summed E-state index contributed by atoms with van der Waals surface area (Å²) >= 11 is 0. The molecule has 1 aliphatic heterocycles. The maximum absolute atomic E-state index is 13.8. The third-order valence-corrected chi connectivity index (χ3v) is 7.14. The molecule has 5 heteroatoms. The van der Waals surface area contributed by atoms with Gasteiger partial charge in [-0.1, -0.05) is 66.7 Å². The Balaban J connectivity index is 1.73. The highest BCUT2D eigenvalue weighted by molar-refractivity contribution is 5.95. The summed E-state index contributed by atoms with van der Waals surface area (Å²) in [4.78, 5) is 20.5. The van der Waals surface area contributed by atoms with Crippen LogP contribution in [0.15, 0.2) is 91.5 Å². The van der Waals surface area contributed by atoms with E-state index in [-0.39, 0.29) is 23.7 Å². The first-order valence-electron chi connectivity index (χ1n) is 12.7. The number of hydrogen-bond donors (Lipinski definition) is 1. The molecule has 1 N–H and O–H groups in total. The summed E-state index contributed by atoms with van der Waals surface area (Å²) in [6.45, 7) is 11.6. The minimum absolute atomic E-state index is 0.00870. The molecule has 188 valence electrons. The molecular formula is C31H37N3O2. The highest BCUT2D eigenvalue weighted by Gasteiger charge is 2.36. The normalized spacial score (nSPS) is 19.5. The number of benzene rings is 3. The highest BCUT2D eigenvalue weighted by atomic mass is 16.3. The monoisotopic (exact) mass is 483 g/mol. The molecule has 3 aromatic rings. The number of carbonyl (C=O) groups excluding carboxylic acids is 1. The van der Waals surface area contributed by atoms with Crippen LogP contribution >= 0.6 is 0 Å². The van der Waals surface area contributed by atoms with E-state index in [0.29, 0.717) is 18.2 Å². The first-order valence-corrected chi connectivity index (χ1v) is 12.7. The second-order valence-corrected chi connectivity index (χ2v) is 9.87. The summed E-state index contributed by atoms with van der Waals surface area (Å²) in [6.07, 6.45) is 1.96. The van der Waals surface area contributed by atoms with E-state index in [1.807, 2.05) is 79.9 Å². The highest BCUT2D eigenvalue weighted by Crippen LogP contribution is 2.36. The van der Waals surface area contributed by atoms with Gasteiger partial charge in [0.15, 0.2) is 0 Å². The van der Waals surface area contributed by atoms with Gasteiger partial charge in [-0.25, -0.2) is 0 Å². The molecule has 1 aliphatic rings. The van der Waals surface area contributed by atoms with Crippen LogP contribution in [0.5, 0.6) is 5.75 Å². The number of nitrogens with zero attached hydrogens (tertiary/aromatic N) is 3. The fourth-order valence-corrected chi connectivity index (χ4v) is 5.31. The zero-order valence-electron chi connectivity index (χ0n) is 21.5. The summed E-state index contributed by atoms with van der Waals surface area (Å²) in [5.41, 5.74) is 3.73. The molecule has 0 spiro atoms. The second-order valence-electron chi connectivity index (χ2n) is 9.87. The van der Waals surface area contributed by atoms with E-state index in [9.17, 15) is 9.90 Å². The molecule has 1 heterocycles. The van der Waals surface area contributed by atoms with Crippen molar-refractivity contribution in [3.05, 3.63) is 114 Å². The van der Waals surface area contributed by atoms with Crippen LogP contribution in [0, 0.1) is 0 Å². The molecule has 3 atom stereocenters. The van der Waals surface area contributed by atoms with Crippen molar-refractivity contribution >= 4 is 5.91 Å². The lowest BCUT2D eigenvalue weighted by Gasteiger charge is -2.47. The Labute approximate surface area is 215 Å². The Kier molecular flexibility index (Phi) is 8.24. The van der Waals surface area contributed by atoms with Crippen molar-refractivity contribution in [2.75, 3.05) is 26.7 Å². The summed E-state index contributed by atoms with van der Waals surface area (Å²) in [7, 11) is 1.86. The first-order chi connectivity index (χ1) is 17.4. The minimum Gasteiger partial charge on any atom is -0.508 e. The number of aromatic hydroxyl groups is 1. The number of hydrogen-bond acceptors (Lipinski definition) is 4. The molecule has 1 amide bonds. The van der Waals surface area contributed by atoms with Gasteiger partial charge in [0, 0.05) is 50.9 Å². The molecule has 0 aliphatic carbocycles. The molecule has 5 nitrogen and oxygen atoms in total. The second kappa shape index (κ2) is 11.5. The largest absolute Gasteiger partial charge is 0.508 e. The topological polar surface area (TPSA) is 47.0 Å². The molecule has 3 aromatic carbocycles. The van der Waals surface area contributed by atoms with Crippen molar-refractivity contribution < 1.29 is 9.90 Å². The van der Waals surface area contributed by atoms with Crippen LogP contribution in [0.3, 0.4) is 0 Å². The summed E-state index contributed by atoms with van der Waals surface area (Å²) in [6, 6.07) is 25.8. The van der Waals surface area contributed by atoms with E-state index >= 15 is 0 Å². The van der Waals surface area contributed by atoms with Gasteiger partial charge in [-0.05, 0) is 48.7 Å². The van der Waals surface area contributed by atoms with Crippen molar-refractivity contribution in [2.45, 2.75) is 38.5 Å². The van der Waals surface area contributed by atoms with Crippen LogP contribution in [0.25, 0.3) is 0 Å². The zero-order chi connectivity index (χ0) is 25.7. The molecule has 0 unspecified atom stereocenters. The van der Waals surface area contributed by atoms with E-state index in [2.05, 4.69) is 36.3 Å². The van der Waals surface area contributed by atoms with Gasteiger partial charge in [0.05, 0.1) is 6.04 Å². The average molecular weight is 484 g/mol. The summed E-state index contributed by atoms with van der Waals surface area (Å²) in [5, 5.41) is 10.4. The van der Waals surface area contributed by atoms with Crippen LogP contribution in [-0.4, -0.2) is 64.5 Å². The predicted octanol–water partition coefficient (Wildman–Crippen LogP) is 5.33. The standard InChI is InChI=1S/C31H37N3O2/c1-5-18-33-20-24(3)34(21-23(33)2)30(26-14-11-15-27(35)19-26)28-16-9-10-17-29(28)31(36)32(4)22-25-12-7-6-8-13-25/h5-17,19,23-24,30,35H,1,18,20-22H2,2-4H3/t23-,24+,30-/m1/s1. The maximum Gasteiger partial charge on any atom is 0.254 e. The SMILES string of the molecule is C=CCN1C[C@H](C)N([C@H](c2cccc(O)c2)c2ccccc2C(=O)N(C)Cc2ccccc2)C[C@H]1C. The van der Waals surface area contributed by atoms with Crippen LogP contribution in [0.1, 0.15) is 46.9 Å². The van der Waals surface area contributed by atoms with Gasteiger partial charge < -0.3 is 10.0 Å². The first kappa shape index (κ1) is 25.7. The Morgan fingerprint density at radius 2 is 1.75 bits per heavy atom. The van der Waals surface area contributed by atoms with Crippen LogP contribution in [0.2, 0.25) is 0 Å². The number of amides is 1. The lowest BCUT2D eigenvalue weighted by Crippen LogP contribution is -2.57. The Bertz CT molecular complexity index is 1180. The quantitative estimate of drug-likeness (QED) is 0.440. The van der Waals surface area contributed by atoms with Crippen molar-refractivity contribution in [1.29, 1.82) is 0 Å². The van der Waals surface area contributed by atoms with E-state index in [1.54, 1.807) is 11.0 Å². The van der Waals surface area contributed by atoms with Crippen LogP contribution in [0.4, 0.5) is 0 Å². The molecule has 0 saturated carbocycles. The van der Waals surface area contributed by atoms with Gasteiger partial charge >= 0.3 is 0 Å². The van der Waals surface area contributed by atoms with E-state index in [1.165, 1.54) is 0 Å². The summed E-state index contributed by atoms with van der Waals surface area (Å²) < 4.78 is 0. The lowest BCUT2D eigenvalue weighted by atomic mass is 9.90. The molecule has 4 rings (SSSR count). The van der Waals surface area contributed by atoms with Crippen LogP contribution in [-0.2, 0) is 6.54 Å². The Morgan fingerprint density at radius 3 is 2.47 bits per heavy atom. The minimum atomic E-state index is -0.161.